The van der Waals surface area contributed by atoms with Crippen molar-refractivity contribution >= 4 is 0 Å². The quantitative estimate of drug-likeness (QED) is 0.646. The molecule has 0 aliphatic carbocycles. The Balaban J connectivity index is 2.15. The standard InChI is InChI=1S/C10H21N/c1-2-5-10-6-3-8-11-9-4-7-10/h10-11H,2-9H2,1H3. The van der Waals surface area contributed by atoms with Gasteiger partial charge in [0, 0.05) is 0 Å². The summed E-state index contributed by atoms with van der Waals surface area (Å²) in [5.41, 5.74) is 0. The smallest absolute Gasteiger partial charge is 0.00488 e. The molecule has 0 unspecified atom stereocenters. The van der Waals surface area contributed by atoms with Gasteiger partial charge in [0.15, 0.2) is 0 Å². The molecule has 1 heterocycles. The van der Waals surface area contributed by atoms with Crippen molar-refractivity contribution in [3.63, 3.8) is 0 Å². The molecule has 0 aromatic rings. The molecule has 1 heteroatoms. The highest BCUT2D eigenvalue weighted by atomic mass is 14.8. The zero-order chi connectivity index (χ0) is 7.94. The van der Waals surface area contributed by atoms with Gasteiger partial charge in [-0.1, -0.05) is 19.8 Å². The monoisotopic (exact) mass is 155 g/mol. The fourth-order valence-electron chi connectivity index (χ4n) is 2.00. The highest BCUT2D eigenvalue weighted by molar-refractivity contribution is 4.64. The van der Waals surface area contributed by atoms with E-state index in [1.54, 1.807) is 0 Å². The Bertz CT molecular complexity index is 82.9. The van der Waals surface area contributed by atoms with Gasteiger partial charge in [0.2, 0.25) is 0 Å². The second-order valence-corrected chi connectivity index (χ2v) is 3.69. The molecule has 1 nitrogen and oxygen atoms in total. The van der Waals surface area contributed by atoms with Gasteiger partial charge < -0.3 is 5.32 Å². The Morgan fingerprint density at radius 1 is 1.18 bits per heavy atom. The van der Waals surface area contributed by atoms with Crippen LogP contribution in [0.5, 0.6) is 0 Å². The van der Waals surface area contributed by atoms with E-state index in [1.165, 1.54) is 51.6 Å². The van der Waals surface area contributed by atoms with Crippen molar-refractivity contribution in [3.05, 3.63) is 0 Å². The number of hydrogen-bond acceptors (Lipinski definition) is 1. The number of nitrogens with one attached hydrogen (secondary N) is 1. The van der Waals surface area contributed by atoms with Gasteiger partial charge in [-0.25, -0.2) is 0 Å². The molecule has 0 atom stereocenters. The molecule has 1 rings (SSSR count). The fourth-order valence-corrected chi connectivity index (χ4v) is 2.00. The van der Waals surface area contributed by atoms with Crippen molar-refractivity contribution < 1.29 is 0 Å². The van der Waals surface area contributed by atoms with Gasteiger partial charge >= 0.3 is 0 Å². The van der Waals surface area contributed by atoms with E-state index in [9.17, 15) is 0 Å². The summed E-state index contributed by atoms with van der Waals surface area (Å²) in [5, 5.41) is 3.45. The molecule has 1 aliphatic rings. The summed E-state index contributed by atoms with van der Waals surface area (Å²) in [5.74, 6) is 1.04. The third-order valence-electron chi connectivity index (χ3n) is 2.63. The van der Waals surface area contributed by atoms with Crippen molar-refractivity contribution in [2.24, 2.45) is 5.92 Å². The molecule has 1 N–H and O–H groups in total. The molecule has 0 radical (unpaired) electrons. The van der Waals surface area contributed by atoms with Crippen LogP contribution in [0.4, 0.5) is 0 Å². The third kappa shape index (κ3) is 3.76. The highest BCUT2D eigenvalue weighted by Gasteiger charge is 2.08. The predicted octanol–water partition coefficient (Wildman–Crippen LogP) is 2.57. The lowest BCUT2D eigenvalue weighted by Gasteiger charge is -2.19. The molecule has 11 heavy (non-hydrogen) atoms. The van der Waals surface area contributed by atoms with E-state index in [4.69, 9.17) is 0 Å². The van der Waals surface area contributed by atoms with E-state index in [0.717, 1.165) is 5.92 Å². The molecule has 1 fully saturated rings. The van der Waals surface area contributed by atoms with Crippen LogP contribution in [0.2, 0.25) is 0 Å². The maximum atomic E-state index is 3.45. The molecule has 0 bridgehead atoms. The fraction of sp³-hybridized carbons (Fsp3) is 1.00. The molecule has 0 aromatic heterocycles. The molecular weight excluding hydrogens is 134 g/mol. The minimum atomic E-state index is 1.04. The molecule has 0 spiro atoms. The van der Waals surface area contributed by atoms with E-state index in [1.807, 2.05) is 0 Å². The summed E-state index contributed by atoms with van der Waals surface area (Å²) in [4.78, 5) is 0. The summed E-state index contributed by atoms with van der Waals surface area (Å²) in [6.45, 7) is 4.80. The number of hydrogen-bond donors (Lipinski definition) is 1. The van der Waals surface area contributed by atoms with Crippen molar-refractivity contribution in [1.82, 2.24) is 5.32 Å². The maximum absolute atomic E-state index is 3.45. The topological polar surface area (TPSA) is 12.0 Å². The molecule has 66 valence electrons. The molecule has 1 saturated heterocycles. The zero-order valence-electron chi connectivity index (χ0n) is 7.73. The third-order valence-corrected chi connectivity index (χ3v) is 2.63. The van der Waals surface area contributed by atoms with Crippen LogP contribution in [-0.2, 0) is 0 Å². The van der Waals surface area contributed by atoms with Crippen LogP contribution >= 0.6 is 0 Å². The normalized spacial score (nSPS) is 22.6. The van der Waals surface area contributed by atoms with Crippen LogP contribution in [0.1, 0.15) is 45.4 Å². The summed E-state index contributed by atoms with van der Waals surface area (Å²) in [6, 6.07) is 0. The van der Waals surface area contributed by atoms with Crippen LogP contribution in [0.25, 0.3) is 0 Å². The van der Waals surface area contributed by atoms with Gasteiger partial charge in [-0.15, -0.1) is 0 Å². The average molecular weight is 155 g/mol. The number of rotatable bonds is 2. The molecular formula is C10H21N. The Morgan fingerprint density at radius 3 is 2.36 bits per heavy atom. The van der Waals surface area contributed by atoms with Crippen molar-refractivity contribution in [2.75, 3.05) is 13.1 Å². The molecule has 0 amide bonds. The summed E-state index contributed by atoms with van der Waals surface area (Å²) in [6.07, 6.45) is 8.54. The molecule has 1 aliphatic heterocycles. The highest BCUT2D eigenvalue weighted by Crippen LogP contribution is 2.19. The van der Waals surface area contributed by atoms with Crippen molar-refractivity contribution in [3.8, 4) is 0 Å². The lowest BCUT2D eigenvalue weighted by Crippen LogP contribution is -2.21. The van der Waals surface area contributed by atoms with E-state index in [0.29, 0.717) is 0 Å². The van der Waals surface area contributed by atoms with Crippen LogP contribution < -0.4 is 5.32 Å². The van der Waals surface area contributed by atoms with Crippen LogP contribution in [0.3, 0.4) is 0 Å². The Hall–Kier alpha value is -0.0400. The van der Waals surface area contributed by atoms with E-state index in [2.05, 4.69) is 12.2 Å². The van der Waals surface area contributed by atoms with E-state index in [-0.39, 0.29) is 0 Å². The minimum Gasteiger partial charge on any atom is -0.317 e. The molecule has 0 aromatic carbocycles. The van der Waals surface area contributed by atoms with E-state index < -0.39 is 0 Å². The minimum absolute atomic E-state index is 1.04. The SMILES string of the molecule is CCCC1CCCNCCC1. The largest absolute Gasteiger partial charge is 0.317 e. The Labute approximate surface area is 70.6 Å². The summed E-state index contributed by atoms with van der Waals surface area (Å²) in [7, 11) is 0. The Kier molecular flexibility index (Phi) is 4.60. The maximum Gasteiger partial charge on any atom is -0.00488 e. The van der Waals surface area contributed by atoms with Gasteiger partial charge in [-0.3, -0.25) is 0 Å². The van der Waals surface area contributed by atoms with Gasteiger partial charge in [0.25, 0.3) is 0 Å². The first-order valence-corrected chi connectivity index (χ1v) is 5.14. The predicted molar refractivity (Wildman–Crippen MR) is 49.7 cm³/mol. The van der Waals surface area contributed by atoms with Crippen molar-refractivity contribution in [1.29, 1.82) is 0 Å². The van der Waals surface area contributed by atoms with Gasteiger partial charge in [0.05, 0.1) is 0 Å². The van der Waals surface area contributed by atoms with Crippen LogP contribution in [-0.4, -0.2) is 13.1 Å². The summed E-state index contributed by atoms with van der Waals surface area (Å²) < 4.78 is 0. The van der Waals surface area contributed by atoms with Gasteiger partial charge in [-0.05, 0) is 44.7 Å². The first-order chi connectivity index (χ1) is 5.43. The molecule has 0 saturated carbocycles. The van der Waals surface area contributed by atoms with Gasteiger partial charge in [-0.2, -0.15) is 0 Å². The van der Waals surface area contributed by atoms with Crippen LogP contribution in [0, 0.1) is 5.92 Å². The second-order valence-electron chi connectivity index (χ2n) is 3.69. The lowest BCUT2D eigenvalue weighted by molar-refractivity contribution is 0.364. The second kappa shape index (κ2) is 5.59. The van der Waals surface area contributed by atoms with Crippen LogP contribution in [0.15, 0.2) is 0 Å². The van der Waals surface area contributed by atoms with Crippen molar-refractivity contribution in [2.45, 2.75) is 45.4 Å². The first kappa shape index (κ1) is 9.05. The lowest BCUT2D eigenvalue weighted by atomic mass is 9.92. The summed E-state index contributed by atoms with van der Waals surface area (Å²) >= 11 is 0. The Morgan fingerprint density at radius 2 is 1.82 bits per heavy atom. The average Bonchev–Trinajstić information content (AvgIpc) is 1.94. The van der Waals surface area contributed by atoms with E-state index >= 15 is 0 Å². The zero-order valence-corrected chi connectivity index (χ0v) is 7.73. The van der Waals surface area contributed by atoms with Gasteiger partial charge in [0.1, 0.15) is 0 Å². The first-order valence-electron chi connectivity index (χ1n) is 5.14.